The number of carbonyl (C=O) groups is 2. The molecule has 1 N–H and O–H groups in total. The van der Waals surface area contributed by atoms with Gasteiger partial charge in [-0.05, 0) is 31.7 Å². The summed E-state index contributed by atoms with van der Waals surface area (Å²) in [7, 11) is 0. The van der Waals surface area contributed by atoms with Crippen molar-refractivity contribution in [2.75, 3.05) is 5.32 Å². The fourth-order valence-electron chi connectivity index (χ4n) is 3.03. The first kappa shape index (κ1) is 18.4. The number of carbonyl (C=O) groups excluding carboxylic acids is 2. The van der Waals surface area contributed by atoms with E-state index in [2.05, 4.69) is 16.4 Å². The number of rotatable bonds is 5. The average molecular weight is 390 g/mol. The van der Waals surface area contributed by atoms with Crippen LogP contribution < -0.4 is 5.32 Å². The van der Waals surface area contributed by atoms with Gasteiger partial charge in [0, 0.05) is 11.5 Å². The molecular weight excluding hydrogens is 374 g/mol. The fourth-order valence-corrected chi connectivity index (χ4v) is 4.04. The fraction of sp³-hybridized carbons (Fsp3) is 0.333. The Labute approximate surface area is 159 Å². The van der Waals surface area contributed by atoms with Crippen LogP contribution in [0.15, 0.2) is 24.3 Å². The summed E-state index contributed by atoms with van der Waals surface area (Å²) in [6.07, 6.45) is 2.54. The van der Waals surface area contributed by atoms with Gasteiger partial charge in [-0.2, -0.15) is 5.26 Å². The number of nitriles is 1. The van der Waals surface area contributed by atoms with Crippen molar-refractivity contribution in [3.8, 4) is 17.3 Å². The van der Waals surface area contributed by atoms with Gasteiger partial charge in [0.05, 0.1) is 5.02 Å². The molecular formula is C18H16ClN3O3S. The number of nitrogens with one attached hydrogen (secondary N) is 1. The highest BCUT2D eigenvalue weighted by Crippen LogP contribution is 2.35. The first-order valence-electron chi connectivity index (χ1n) is 8.18. The van der Waals surface area contributed by atoms with Crippen molar-refractivity contribution in [2.24, 2.45) is 5.92 Å². The van der Waals surface area contributed by atoms with Gasteiger partial charge in [-0.25, -0.2) is 4.98 Å². The lowest BCUT2D eigenvalue weighted by molar-refractivity contribution is -0.135. The Morgan fingerprint density at radius 2 is 2.08 bits per heavy atom. The van der Waals surface area contributed by atoms with Gasteiger partial charge in [0.25, 0.3) is 6.47 Å². The molecule has 2 aromatic rings. The minimum absolute atomic E-state index is 0.103. The number of halogens is 1. The van der Waals surface area contributed by atoms with Crippen LogP contribution in [0.25, 0.3) is 11.3 Å². The van der Waals surface area contributed by atoms with E-state index in [0.29, 0.717) is 58.4 Å². The minimum atomic E-state index is -0.153. The third-order valence-corrected chi connectivity index (χ3v) is 5.59. The molecule has 1 aliphatic carbocycles. The molecule has 0 unspecified atom stereocenters. The maximum Gasteiger partial charge on any atom is 0.293 e. The number of thiazole rings is 1. The van der Waals surface area contributed by atoms with Gasteiger partial charge >= 0.3 is 0 Å². The predicted molar refractivity (Wildman–Crippen MR) is 98.8 cm³/mol. The Bertz CT molecular complexity index is 854. The van der Waals surface area contributed by atoms with Gasteiger partial charge in [-0.3, -0.25) is 9.59 Å². The number of nitrogens with zero attached hydrogens (tertiary/aromatic N) is 2. The molecule has 1 saturated carbocycles. The number of aromatic nitrogens is 1. The number of ether oxygens (including phenoxy) is 1. The number of hydrogen-bond acceptors (Lipinski definition) is 6. The van der Waals surface area contributed by atoms with Crippen molar-refractivity contribution >= 4 is 40.4 Å². The monoisotopic (exact) mass is 389 g/mol. The minimum Gasteiger partial charge on any atom is -0.465 e. The van der Waals surface area contributed by atoms with E-state index in [1.807, 2.05) is 6.07 Å². The summed E-state index contributed by atoms with van der Waals surface area (Å²) in [5.41, 5.74) is 1.13. The summed E-state index contributed by atoms with van der Waals surface area (Å²) < 4.78 is 4.95. The van der Waals surface area contributed by atoms with E-state index in [-0.39, 0.29) is 17.9 Å². The van der Waals surface area contributed by atoms with Crippen LogP contribution in [0.2, 0.25) is 5.02 Å². The molecule has 26 heavy (non-hydrogen) atoms. The van der Waals surface area contributed by atoms with E-state index >= 15 is 0 Å². The Balaban J connectivity index is 1.71. The highest BCUT2D eigenvalue weighted by Gasteiger charge is 2.28. The summed E-state index contributed by atoms with van der Waals surface area (Å²) in [5.74, 6) is -0.279. The van der Waals surface area contributed by atoms with Crippen LogP contribution in [0.3, 0.4) is 0 Å². The first-order valence-corrected chi connectivity index (χ1v) is 9.37. The van der Waals surface area contributed by atoms with Crippen LogP contribution in [0.4, 0.5) is 5.13 Å². The first-order chi connectivity index (χ1) is 12.6. The maximum absolute atomic E-state index is 12.5. The lowest BCUT2D eigenvalue weighted by Crippen LogP contribution is -2.29. The van der Waals surface area contributed by atoms with E-state index in [9.17, 15) is 14.9 Å². The van der Waals surface area contributed by atoms with E-state index in [0.717, 1.165) is 11.3 Å². The van der Waals surface area contributed by atoms with Gasteiger partial charge in [0.15, 0.2) is 5.13 Å². The third-order valence-electron chi connectivity index (χ3n) is 4.38. The van der Waals surface area contributed by atoms with E-state index in [4.69, 9.17) is 16.3 Å². The molecule has 1 fully saturated rings. The topological polar surface area (TPSA) is 92.1 Å². The van der Waals surface area contributed by atoms with Crippen molar-refractivity contribution in [1.29, 1.82) is 5.26 Å². The second-order valence-electron chi connectivity index (χ2n) is 5.98. The largest absolute Gasteiger partial charge is 0.465 e. The van der Waals surface area contributed by atoms with Gasteiger partial charge in [-0.15, -0.1) is 0 Å². The Morgan fingerprint density at radius 1 is 1.35 bits per heavy atom. The number of benzene rings is 1. The Morgan fingerprint density at radius 3 is 2.73 bits per heavy atom. The van der Waals surface area contributed by atoms with Gasteiger partial charge in [0.1, 0.15) is 22.7 Å². The molecule has 0 radical (unpaired) electrons. The summed E-state index contributed by atoms with van der Waals surface area (Å²) in [5, 5.41) is 13.1. The molecule has 6 nitrogen and oxygen atoms in total. The molecule has 1 aromatic heterocycles. The molecule has 1 aliphatic rings. The van der Waals surface area contributed by atoms with Gasteiger partial charge < -0.3 is 10.1 Å². The molecule has 1 amide bonds. The Kier molecular flexibility index (Phi) is 5.86. The van der Waals surface area contributed by atoms with Crippen molar-refractivity contribution < 1.29 is 14.3 Å². The van der Waals surface area contributed by atoms with E-state index in [1.54, 1.807) is 18.2 Å². The average Bonchev–Trinajstić information content (AvgIpc) is 3.05. The molecule has 3 rings (SSSR count). The molecule has 0 aliphatic heterocycles. The van der Waals surface area contributed by atoms with Crippen LogP contribution in [0.5, 0.6) is 0 Å². The summed E-state index contributed by atoms with van der Waals surface area (Å²) in [6, 6.07) is 9.25. The molecule has 8 heteroatoms. The molecule has 134 valence electrons. The summed E-state index contributed by atoms with van der Waals surface area (Å²) in [4.78, 5) is 27.7. The van der Waals surface area contributed by atoms with Crippen molar-refractivity contribution in [3.05, 3.63) is 34.2 Å². The van der Waals surface area contributed by atoms with Crippen LogP contribution >= 0.6 is 22.9 Å². The lowest BCUT2D eigenvalue weighted by Gasteiger charge is -2.26. The van der Waals surface area contributed by atoms with E-state index < -0.39 is 0 Å². The molecule has 0 saturated heterocycles. The number of amides is 1. The standard InChI is InChI=1S/C18H16ClN3O3S/c19-14-4-2-1-3-13(14)16-15(9-20)26-18(21-16)22-17(24)11-5-7-12(8-6-11)25-10-23/h1-4,10-12H,5-8H2,(H,21,22,24). The SMILES string of the molecule is N#Cc1sc(NC(=O)C2CCC(OC=O)CC2)nc1-c1ccccc1Cl. The Hall–Kier alpha value is -2.43. The molecule has 1 aromatic carbocycles. The summed E-state index contributed by atoms with van der Waals surface area (Å²) in [6.45, 7) is 0.459. The second-order valence-corrected chi connectivity index (χ2v) is 7.39. The quantitative estimate of drug-likeness (QED) is 0.780. The third kappa shape index (κ3) is 4.03. The normalized spacial score (nSPS) is 19.4. The van der Waals surface area contributed by atoms with Crippen LogP contribution in [-0.2, 0) is 14.3 Å². The lowest BCUT2D eigenvalue weighted by atomic mass is 9.87. The van der Waals surface area contributed by atoms with Gasteiger partial charge in [-0.1, -0.05) is 41.1 Å². The van der Waals surface area contributed by atoms with Crippen LogP contribution in [0.1, 0.15) is 30.6 Å². The van der Waals surface area contributed by atoms with Gasteiger partial charge in [0.2, 0.25) is 5.91 Å². The highest BCUT2D eigenvalue weighted by molar-refractivity contribution is 7.16. The van der Waals surface area contributed by atoms with Crippen LogP contribution in [-0.4, -0.2) is 23.5 Å². The number of anilines is 1. The zero-order valence-corrected chi connectivity index (χ0v) is 15.3. The molecule has 0 bridgehead atoms. The predicted octanol–water partition coefficient (Wildman–Crippen LogP) is 4.01. The van der Waals surface area contributed by atoms with Crippen molar-refractivity contribution in [1.82, 2.24) is 4.98 Å². The zero-order valence-electron chi connectivity index (χ0n) is 13.8. The number of hydrogen-bond donors (Lipinski definition) is 1. The highest BCUT2D eigenvalue weighted by atomic mass is 35.5. The van der Waals surface area contributed by atoms with E-state index in [1.165, 1.54) is 0 Å². The second kappa shape index (κ2) is 8.30. The van der Waals surface area contributed by atoms with Crippen molar-refractivity contribution in [3.63, 3.8) is 0 Å². The maximum atomic E-state index is 12.5. The van der Waals surface area contributed by atoms with Crippen molar-refractivity contribution in [2.45, 2.75) is 31.8 Å². The zero-order chi connectivity index (χ0) is 18.5. The molecule has 0 spiro atoms. The smallest absolute Gasteiger partial charge is 0.293 e. The van der Waals surface area contributed by atoms with Crippen LogP contribution in [0, 0.1) is 17.2 Å². The molecule has 0 atom stereocenters. The summed E-state index contributed by atoms with van der Waals surface area (Å²) >= 11 is 7.33. The molecule has 1 heterocycles.